The SMILES string of the molecule is O=C(NCC(F)(F)F)C1CCN(C(=O)c2cc(-c3ccccc3)on2)CC1. The minimum Gasteiger partial charge on any atom is -0.355 e. The van der Waals surface area contributed by atoms with Crippen LogP contribution in [0.4, 0.5) is 13.2 Å². The van der Waals surface area contributed by atoms with Gasteiger partial charge in [0.15, 0.2) is 11.5 Å². The molecule has 6 nitrogen and oxygen atoms in total. The Morgan fingerprint density at radius 2 is 1.85 bits per heavy atom. The van der Waals surface area contributed by atoms with Crippen molar-refractivity contribution >= 4 is 11.8 Å². The second-order valence-corrected chi connectivity index (χ2v) is 6.34. The maximum atomic E-state index is 12.5. The summed E-state index contributed by atoms with van der Waals surface area (Å²) in [5.74, 6) is -1.02. The molecule has 1 aromatic heterocycles. The highest BCUT2D eigenvalue weighted by Gasteiger charge is 2.32. The topological polar surface area (TPSA) is 75.4 Å². The number of hydrogen-bond acceptors (Lipinski definition) is 4. The van der Waals surface area contributed by atoms with E-state index in [4.69, 9.17) is 4.52 Å². The predicted octanol–water partition coefficient (Wildman–Crippen LogP) is 2.87. The first-order valence-electron chi connectivity index (χ1n) is 8.49. The molecule has 27 heavy (non-hydrogen) atoms. The second kappa shape index (κ2) is 7.81. The molecule has 0 bridgehead atoms. The first-order valence-corrected chi connectivity index (χ1v) is 8.49. The van der Waals surface area contributed by atoms with Gasteiger partial charge >= 0.3 is 6.18 Å². The molecule has 9 heteroatoms. The molecule has 2 aromatic rings. The number of nitrogens with one attached hydrogen (secondary N) is 1. The van der Waals surface area contributed by atoms with E-state index >= 15 is 0 Å². The number of amides is 2. The molecule has 0 atom stereocenters. The lowest BCUT2D eigenvalue weighted by Gasteiger charge is -2.30. The number of benzene rings is 1. The van der Waals surface area contributed by atoms with Crippen molar-refractivity contribution in [2.24, 2.45) is 5.92 Å². The Morgan fingerprint density at radius 3 is 2.48 bits per heavy atom. The van der Waals surface area contributed by atoms with Gasteiger partial charge in [0.2, 0.25) is 5.91 Å². The first kappa shape index (κ1) is 18.9. The van der Waals surface area contributed by atoms with Crippen molar-refractivity contribution in [1.82, 2.24) is 15.4 Å². The van der Waals surface area contributed by atoms with Gasteiger partial charge in [-0.2, -0.15) is 13.2 Å². The number of alkyl halides is 3. The van der Waals surface area contributed by atoms with Crippen LogP contribution < -0.4 is 5.32 Å². The molecule has 2 amide bonds. The smallest absolute Gasteiger partial charge is 0.355 e. The highest BCUT2D eigenvalue weighted by molar-refractivity contribution is 5.93. The van der Waals surface area contributed by atoms with E-state index in [0.29, 0.717) is 18.6 Å². The van der Waals surface area contributed by atoms with Gasteiger partial charge < -0.3 is 14.7 Å². The first-order chi connectivity index (χ1) is 12.8. The molecule has 1 fully saturated rings. The molecule has 1 aliphatic rings. The molecule has 0 aliphatic carbocycles. The fourth-order valence-electron chi connectivity index (χ4n) is 2.95. The Labute approximate surface area is 153 Å². The normalized spacial score (nSPS) is 15.6. The third kappa shape index (κ3) is 4.87. The average Bonchev–Trinajstić information content (AvgIpc) is 3.16. The van der Waals surface area contributed by atoms with Crippen LogP contribution in [0.15, 0.2) is 40.9 Å². The van der Waals surface area contributed by atoms with Crippen molar-refractivity contribution in [1.29, 1.82) is 0 Å². The summed E-state index contributed by atoms with van der Waals surface area (Å²) in [6.07, 6.45) is -3.83. The fraction of sp³-hybridized carbons (Fsp3) is 0.389. The number of likely N-dealkylation sites (tertiary alicyclic amines) is 1. The van der Waals surface area contributed by atoms with Crippen molar-refractivity contribution in [3.8, 4) is 11.3 Å². The average molecular weight is 381 g/mol. The lowest BCUT2D eigenvalue weighted by Crippen LogP contribution is -2.44. The molecule has 1 saturated heterocycles. The van der Waals surface area contributed by atoms with Crippen molar-refractivity contribution in [3.05, 3.63) is 42.1 Å². The van der Waals surface area contributed by atoms with Crippen molar-refractivity contribution in [2.75, 3.05) is 19.6 Å². The molecule has 1 aromatic carbocycles. The van der Waals surface area contributed by atoms with Gasteiger partial charge in [0, 0.05) is 30.6 Å². The summed E-state index contributed by atoms with van der Waals surface area (Å²) in [6, 6.07) is 10.8. The van der Waals surface area contributed by atoms with E-state index in [0.717, 1.165) is 5.56 Å². The number of carbonyl (C=O) groups excluding carboxylic acids is 2. The van der Waals surface area contributed by atoms with Gasteiger partial charge in [-0.25, -0.2) is 0 Å². The van der Waals surface area contributed by atoms with Crippen LogP contribution in [0.5, 0.6) is 0 Å². The van der Waals surface area contributed by atoms with Crippen LogP contribution in [0.2, 0.25) is 0 Å². The summed E-state index contributed by atoms with van der Waals surface area (Å²) in [7, 11) is 0. The van der Waals surface area contributed by atoms with Crippen LogP contribution in [0.3, 0.4) is 0 Å². The Morgan fingerprint density at radius 1 is 1.19 bits per heavy atom. The van der Waals surface area contributed by atoms with E-state index in [2.05, 4.69) is 5.16 Å². The molecule has 144 valence electrons. The monoisotopic (exact) mass is 381 g/mol. The number of rotatable bonds is 4. The van der Waals surface area contributed by atoms with Gasteiger partial charge in [0.1, 0.15) is 6.54 Å². The lowest BCUT2D eigenvalue weighted by atomic mass is 9.95. The Kier molecular flexibility index (Phi) is 5.48. The summed E-state index contributed by atoms with van der Waals surface area (Å²) < 4.78 is 41.8. The predicted molar refractivity (Wildman–Crippen MR) is 89.6 cm³/mol. The number of halogens is 3. The van der Waals surface area contributed by atoms with Crippen molar-refractivity contribution < 1.29 is 27.3 Å². The van der Waals surface area contributed by atoms with E-state index in [1.807, 2.05) is 35.6 Å². The molecule has 1 N–H and O–H groups in total. The van der Waals surface area contributed by atoms with E-state index < -0.39 is 24.5 Å². The number of carbonyl (C=O) groups is 2. The molecule has 3 rings (SSSR count). The van der Waals surface area contributed by atoms with Gasteiger partial charge in [-0.3, -0.25) is 9.59 Å². The van der Waals surface area contributed by atoms with Crippen molar-refractivity contribution in [3.63, 3.8) is 0 Å². The van der Waals surface area contributed by atoms with Gasteiger partial charge in [-0.05, 0) is 12.8 Å². The maximum Gasteiger partial charge on any atom is 0.405 e. The number of aromatic nitrogens is 1. The van der Waals surface area contributed by atoms with Crippen molar-refractivity contribution in [2.45, 2.75) is 19.0 Å². The minimum absolute atomic E-state index is 0.161. The van der Waals surface area contributed by atoms with Crippen LogP contribution in [0, 0.1) is 5.92 Å². The molecule has 0 unspecified atom stereocenters. The molecule has 2 heterocycles. The highest BCUT2D eigenvalue weighted by atomic mass is 19.4. The number of piperidine rings is 1. The number of nitrogens with zero attached hydrogens (tertiary/aromatic N) is 2. The molecular formula is C18H18F3N3O3. The third-order valence-corrected chi connectivity index (χ3v) is 4.40. The third-order valence-electron chi connectivity index (χ3n) is 4.40. The highest BCUT2D eigenvalue weighted by Crippen LogP contribution is 2.23. The molecule has 1 aliphatic heterocycles. The largest absolute Gasteiger partial charge is 0.405 e. The molecule has 0 saturated carbocycles. The summed E-state index contributed by atoms with van der Waals surface area (Å²) in [4.78, 5) is 25.9. The summed E-state index contributed by atoms with van der Waals surface area (Å²) >= 11 is 0. The Bertz CT molecular complexity index is 797. The van der Waals surface area contributed by atoms with E-state index in [-0.39, 0.29) is 24.7 Å². The van der Waals surface area contributed by atoms with Crippen LogP contribution in [-0.4, -0.2) is 47.7 Å². The zero-order valence-corrected chi connectivity index (χ0v) is 14.3. The molecule has 0 radical (unpaired) electrons. The summed E-state index contributed by atoms with van der Waals surface area (Å²) in [5.41, 5.74) is 0.956. The van der Waals surface area contributed by atoms with Gasteiger partial charge in [-0.1, -0.05) is 35.5 Å². The standard InChI is InChI=1S/C18H18F3N3O3/c19-18(20,21)11-22-16(25)13-6-8-24(9-7-13)17(26)14-10-15(27-23-14)12-4-2-1-3-5-12/h1-5,10,13H,6-9,11H2,(H,22,25). The molecular weight excluding hydrogens is 363 g/mol. The zero-order valence-electron chi connectivity index (χ0n) is 14.3. The Balaban J connectivity index is 1.54. The second-order valence-electron chi connectivity index (χ2n) is 6.34. The van der Waals surface area contributed by atoms with Gasteiger partial charge in [0.25, 0.3) is 5.91 Å². The van der Waals surface area contributed by atoms with Gasteiger partial charge in [-0.15, -0.1) is 0 Å². The summed E-state index contributed by atoms with van der Waals surface area (Å²) in [6.45, 7) is -0.793. The van der Waals surface area contributed by atoms with E-state index in [9.17, 15) is 22.8 Å². The zero-order chi connectivity index (χ0) is 19.4. The van der Waals surface area contributed by atoms with Crippen LogP contribution in [0.1, 0.15) is 23.3 Å². The lowest BCUT2D eigenvalue weighted by molar-refractivity contribution is -0.141. The minimum atomic E-state index is -4.43. The Hall–Kier alpha value is -2.84. The van der Waals surface area contributed by atoms with Crippen LogP contribution in [-0.2, 0) is 4.79 Å². The van der Waals surface area contributed by atoms with E-state index in [1.54, 1.807) is 6.07 Å². The maximum absolute atomic E-state index is 12.5. The molecule has 0 spiro atoms. The van der Waals surface area contributed by atoms with Crippen LogP contribution in [0.25, 0.3) is 11.3 Å². The fourth-order valence-corrected chi connectivity index (χ4v) is 2.95. The quantitative estimate of drug-likeness (QED) is 0.884. The van der Waals surface area contributed by atoms with E-state index in [1.165, 1.54) is 4.90 Å². The van der Waals surface area contributed by atoms with Gasteiger partial charge in [0.05, 0.1) is 0 Å². The summed E-state index contributed by atoms with van der Waals surface area (Å²) in [5, 5.41) is 5.70. The van der Waals surface area contributed by atoms with Crippen LogP contribution >= 0.6 is 0 Å². The number of hydrogen-bond donors (Lipinski definition) is 1.